The Bertz CT molecular complexity index is 1590. The van der Waals surface area contributed by atoms with Gasteiger partial charge in [0.25, 0.3) is 5.56 Å². The summed E-state index contributed by atoms with van der Waals surface area (Å²) in [5.74, 6) is 0.601. The average molecular weight is 554 g/mol. The van der Waals surface area contributed by atoms with Crippen molar-refractivity contribution in [3.05, 3.63) is 87.6 Å². The third-order valence-electron chi connectivity index (χ3n) is 8.41. The minimum Gasteiger partial charge on any atom is -0.388 e. The molecule has 1 saturated carbocycles. The topological polar surface area (TPSA) is 105 Å². The highest BCUT2D eigenvalue weighted by Gasteiger charge is 2.29. The van der Waals surface area contributed by atoms with Gasteiger partial charge in [0, 0.05) is 18.0 Å². The summed E-state index contributed by atoms with van der Waals surface area (Å²) in [6.07, 6.45) is 7.65. The van der Waals surface area contributed by atoms with Crippen molar-refractivity contribution in [3.8, 4) is 17.2 Å². The fourth-order valence-corrected chi connectivity index (χ4v) is 5.79. The summed E-state index contributed by atoms with van der Waals surface area (Å²) in [4.78, 5) is 18.7. The second kappa shape index (κ2) is 12.4. The second-order valence-corrected chi connectivity index (χ2v) is 11.4. The van der Waals surface area contributed by atoms with E-state index in [4.69, 9.17) is 4.74 Å². The van der Waals surface area contributed by atoms with Crippen LogP contribution in [0.3, 0.4) is 0 Å². The number of rotatable bonds is 10. The molecule has 1 aliphatic rings. The summed E-state index contributed by atoms with van der Waals surface area (Å²) in [5.41, 5.74) is 4.41. The molecule has 0 amide bonds. The molecule has 1 unspecified atom stereocenters. The molecular weight excluding hydrogens is 514 g/mol. The Balaban J connectivity index is 1.44. The molecule has 0 saturated heterocycles. The molecule has 214 valence electrons. The maximum Gasteiger partial charge on any atom is 0.259 e. The smallest absolute Gasteiger partial charge is 0.259 e. The summed E-state index contributed by atoms with van der Waals surface area (Å²) in [6.45, 7) is 6.19. The van der Waals surface area contributed by atoms with Crippen molar-refractivity contribution in [1.29, 1.82) is 5.26 Å². The van der Waals surface area contributed by atoms with Crippen LogP contribution in [0.5, 0.6) is 0 Å². The number of aliphatic hydroxyl groups is 1. The number of ether oxygens (including phenoxy) is 1. The van der Waals surface area contributed by atoms with E-state index in [1.807, 2.05) is 64.5 Å². The van der Waals surface area contributed by atoms with Gasteiger partial charge in [0.15, 0.2) is 0 Å². The Morgan fingerprint density at radius 1 is 1.10 bits per heavy atom. The largest absolute Gasteiger partial charge is 0.388 e. The lowest BCUT2D eigenvalue weighted by Crippen LogP contribution is -2.36. The first-order chi connectivity index (χ1) is 19.8. The quantitative estimate of drug-likeness (QED) is 0.273. The summed E-state index contributed by atoms with van der Waals surface area (Å²) in [5, 5.41) is 24.4. The van der Waals surface area contributed by atoms with Crippen LogP contribution in [0.1, 0.15) is 87.7 Å². The highest BCUT2D eigenvalue weighted by molar-refractivity contribution is 5.70. The fraction of sp³-hybridized carbons (Fsp3) is 0.455. The molecule has 0 aliphatic heterocycles. The monoisotopic (exact) mass is 553 g/mol. The normalized spacial score (nSPS) is 18.7. The lowest BCUT2D eigenvalue weighted by molar-refractivity contribution is -0.0756. The SMILES string of the molecule is CCCc1c(Cc2ccc(-c3ccccc3C#N)cc2)c(=O)n(C2CCC(OCC(C)(O)CC)CC2)c2ncnn12. The molecule has 4 aromatic rings. The molecule has 1 aliphatic carbocycles. The van der Waals surface area contributed by atoms with Crippen molar-refractivity contribution in [1.82, 2.24) is 19.2 Å². The molecule has 1 fully saturated rings. The Hall–Kier alpha value is -3.80. The van der Waals surface area contributed by atoms with Crippen LogP contribution in [0.2, 0.25) is 0 Å². The van der Waals surface area contributed by atoms with Gasteiger partial charge in [-0.3, -0.25) is 9.36 Å². The third kappa shape index (κ3) is 6.12. The van der Waals surface area contributed by atoms with Crippen LogP contribution in [-0.2, 0) is 17.6 Å². The van der Waals surface area contributed by atoms with Gasteiger partial charge < -0.3 is 9.84 Å². The number of nitrogens with zero attached hydrogens (tertiary/aromatic N) is 5. The van der Waals surface area contributed by atoms with Crippen molar-refractivity contribution < 1.29 is 9.84 Å². The number of nitriles is 1. The van der Waals surface area contributed by atoms with E-state index in [-0.39, 0.29) is 17.7 Å². The molecule has 0 bridgehead atoms. The second-order valence-electron chi connectivity index (χ2n) is 11.4. The van der Waals surface area contributed by atoms with Crippen LogP contribution in [0.4, 0.5) is 0 Å². The summed E-state index contributed by atoms with van der Waals surface area (Å²) in [6, 6.07) is 18.0. The van der Waals surface area contributed by atoms with Crippen LogP contribution in [0, 0.1) is 11.3 Å². The maximum absolute atomic E-state index is 14.2. The number of aryl methyl sites for hydroxylation is 1. The molecule has 5 rings (SSSR count). The Morgan fingerprint density at radius 2 is 1.83 bits per heavy atom. The van der Waals surface area contributed by atoms with Gasteiger partial charge in [-0.05, 0) is 68.2 Å². The van der Waals surface area contributed by atoms with Gasteiger partial charge in [0.1, 0.15) is 6.33 Å². The summed E-state index contributed by atoms with van der Waals surface area (Å²) >= 11 is 0. The Labute approximate surface area is 241 Å². The molecule has 8 nitrogen and oxygen atoms in total. The first-order valence-electron chi connectivity index (χ1n) is 14.7. The van der Waals surface area contributed by atoms with Crippen LogP contribution >= 0.6 is 0 Å². The zero-order valence-corrected chi connectivity index (χ0v) is 24.2. The zero-order chi connectivity index (χ0) is 29.0. The van der Waals surface area contributed by atoms with E-state index in [2.05, 4.69) is 23.1 Å². The van der Waals surface area contributed by atoms with E-state index >= 15 is 0 Å². The van der Waals surface area contributed by atoms with Crippen molar-refractivity contribution >= 4 is 5.78 Å². The lowest BCUT2D eigenvalue weighted by Gasteiger charge is -2.32. The molecule has 8 heteroatoms. The predicted molar refractivity (Wildman–Crippen MR) is 159 cm³/mol. The Kier molecular flexibility index (Phi) is 8.67. The van der Waals surface area contributed by atoms with Crippen molar-refractivity contribution in [2.45, 2.75) is 89.9 Å². The van der Waals surface area contributed by atoms with Gasteiger partial charge in [0.2, 0.25) is 5.78 Å². The fourth-order valence-electron chi connectivity index (χ4n) is 5.79. The van der Waals surface area contributed by atoms with E-state index in [0.29, 0.717) is 30.8 Å². The minimum absolute atomic E-state index is 0.00568. The highest BCUT2D eigenvalue weighted by atomic mass is 16.5. The minimum atomic E-state index is -0.817. The number of fused-ring (bicyclic) bond motifs is 1. The van der Waals surface area contributed by atoms with Gasteiger partial charge in [-0.1, -0.05) is 62.7 Å². The molecule has 41 heavy (non-hydrogen) atoms. The molecule has 2 heterocycles. The summed E-state index contributed by atoms with van der Waals surface area (Å²) in [7, 11) is 0. The van der Waals surface area contributed by atoms with Gasteiger partial charge in [-0.2, -0.15) is 15.3 Å². The van der Waals surface area contributed by atoms with Crippen molar-refractivity contribution in [3.63, 3.8) is 0 Å². The van der Waals surface area contributed by atoms with Gasteiger partial charge >= 0.3 is 0 Å². The number of benzene rings is 2. The average Bonchev–Trinajstić information content (AvgIpc) is 3.48. The van der Waals surface area contributed by atoms with Crippen molar-refractivity contribution in [2.24, 2.45) is 0 Å². The summed E-state index contributed by atoms with van der Waals surface area (Å²) < 4.78 is 9.77. The van der Waals surface area contributed by atoms with Gasteiger partial charge in [-0.15, -0.1) is 0 Å². The molecule has 0 radical (unpaired) electrons. The van der Waals surface area contributed by atoms with E-state index in [0.717, 1.165) is 66.5 Å². The van der Waals surface area contributed by atoms with Gasteiger partial charge in [0.05, 0.1) is 35.6 Å². The van der Waals surface area contributed by atoms with Crippen LogP contribution in [0.15, 0.2) is 59.7 Å². The standard InChI is InChI=1S/C33H39N5O3/c1-4-8-30-29(19-23-11-13-24(14-12-23)28-10-7-6-9-25(28)20-34)31(39)37(32-35-22-36-38(30)32)26-15-17-27(18-16-26)41-21-33(3,40)5-2/h6-7,9-14,22,26-27,40H,4-5,8,15-19,21H2,1-3H3. The molecule has 2 aromatic carbocycles. The molecule has 2 aromatic heterocycles. The number of aromatic nitrogens is 4. The zero-order valence-electron chi connectivity index (χ0n) is 24.2. The third-order valence-corrected chi connectivity index (χ3v) is 8.41. The van der Waals surface area contributed by atoms with Crippen LogP contribution in [0.25, 0.3) is 16.9 Å². The number of hydrogen-bond acceptors (Lipinski definition) is 6. The lowest BCUT2D eigenvalue weighted by atomic mass is 9.92. The van der Waals surface area contributed by atoms with Gasteiger partial charge in [-0.25, -0.2) is 4.52 Å². The van der Waals surface area contributed by atoms with E-state index in [1.165, 1.54) is 6.33 Å². The first-order valence-corrected chi connectivity index (χ1v) is 14.7. The molecule has 1 N–H and O–H groups in total. The number of hydrogen-bond donors (Lipinski definition) is 1. The first kappa shape index (κ1) is 28.7. The van der Waals surface area contributed by atoms with Crippen LogP contribution in [-0.4, -0.2) is 42.6 Å². The maximum atomic E-state index is 14.2. The highest BCUT2D eigenvalue weighted by Crippen LogP contribution is 2.32. The molecular formula is C33H39N5O3. The predicted octanol–water partition coefficient (Wildman–Crippen LogP) is 5.63. The van der Waals surface area contributed by atoms with Crippen molar-refractivity contribution in [2.75, 3.05) is 6.61 Å². The van der Waals surface area contributed by atoms with Crippen LogP contribution < -0.4 is 5.56 Å². The Morgan fingerprint density at radius 3 is 2.51 bits per heavy atom. The molecule has 1 atom stereocenters. The van der Waals surface area contributed by atoms with E-state index in [1.54, 1.807) is 6.92 Å². The molecule has 0 spiro atoms. The van der Waals surface area contributed by atoms with E-state index in [9.17, 15) is 15.2 Å². The van der Waals surface area contributed by atoms with E-state index < -0.39 is 5.60 Å².